The Kier molecular flexibility index (Phi) is 4.26. The van der Waals surface area contributed by atoms with Gasteiger partial charge in [0.25, 0.3) is 5.91 Å². The number of amides is 1. The van der Waals surface area contributed by atoms with Gasteiger partial charge in [0, 0.05) is 18.7 Å². The summed E-state index contributed by atoms with van der Waals surface area (Å²) >= 11 is 0. The van der Waals surface area contributed by atoms with Crippen molar-refractivity contribution in [1.82, 2.24) is 4.90 Å². The van der Waals surface area contributed by atoms with Gasteiger partial charge in [-0.3, -0.25) is 9.10 Å². The van der Waals surface area contributed by atoms with E-state index in [-0.39, 0.29) is 5.91 Å². The highest BCUT2D eigenvalue weighted by atomic mass is 32.2. The van der Waals surface area contributed by atoms with Crippen molar-refractivity contribution in [3.05, 3.63) is 29.3 Å². The molecule has 2 heterocycles. The first kappa shape index (κ1) is 17.7. The van der Waals surface area contributed by atoms with Crippen molar-refractivity contribution in [3.63, 3.8) is 0 Å². The molecule has 1 fully saturated rings. The highest BCUT2D eigenvalue weighted by Crippen LogP contribution is 2.33. The second-order valence-corrected chi connectivity index (χ2v) is 8.83. The molecule has 0 spiro atoms. The number of anilines is 1. The van der Waals surface area contributed by atoms with E-state index >= 15 is 0 Å². The van der Waals surface area contributed by atoms with Gasteiger partial charge >= 0.3 is 5.97 Å². The van der Waals surface area contributed by atoms with E-state index in [1.165, 1.54) is 15.5 Å². The van der Waals surface area contributed by atoms with E-state index in [0.29, 0.717) is 50.0 Å². The molecule has 1 amide bonds. The van der Waals surface area contributed by atoms with Crippen LogP contribution >= 0.6 is 0 Å². The quantitative estimate of drug-likeness (QED) is 0.874. The number of carbonyl (C=O) groups is 2. The highest BCUT2D eigenvalue weighted by Gasteiger charge is 2.46. The summed E-state index contributed by atoms with van der Waals surface area (Å²) in [5, 5.41) is 9.49. The Bertz CT molecular complexity index is 835. The Morgan fingerprint density at radius 1 is 1.20 bits per heavy atom. The average molecular weight is 366 g/mol. The van der Waals surface area contributed by atoms with E-state index in [2.05, 4.69) is 0 Å². The molecule has 2 aliphatic rings. The molecule has 0 aliphatic carbocycles. The van der Waals surface area contributed by atoms with Crippen molar-refractivity contribution in [2.24, 2.45) is 0 Å². The zero-order valence-electron chi connectivity index (χ0n) is 14.4. The van der Waals surface area contributed by atoms with Gasteiger partial charge in [-0.2, -0.15) is 0 Å². The van der Waals surface area contributed by atoms with E-state index in [4.69, 9.17) is 0 Å². The van der Waals surface area contributed by atoms with Crippen LogP contribution < -0.4 is 4.31 Å². The SMILES string of the molecule is CC1(C(=O)O)CCCN1C(=O)c1ccc2c(c1)CCCN2S(C)(=O)=O. The number of hydrogen-bond donors (Lipinski definition) is 1. The molecule has 1 N–H and O–H groups in total. The lowest BCUT2D eigenvalue weighted by molar-refractivity contribution is -0.147. The topological polar surface area (TPSA) is 95.0 Å². The fraction of sp³-hybridized carbons (Fsp3) is 0.529. The Morgan fingerprint density at radius 2 is 1.92 bits per heavy atom. The minimum atomic E-state index is -3.36. The Hall–Kier alpha value is -2.09. The summed E-state index contributed by atoms with van der Waals surface area (Å²) in [7, 11) is -3.36. The number of rotatable bonds is 3. The average Bonchev–Trinajstić information content (AvgIpc) is 2.95. The summed E-state index contributed by atoms with van der Waals surface area (Å²) < 4.78 is 25.2. The van der Waals surface area contributed by atoms with Crippen LogP contribution in [0.5, 0.6) is 0 Å². The third kappa shape index (κ3) is 2.99. The number of sulfonamides is 1. The van der Waals surface area contributed by atoms with Crippen LogP contribution in [-0.2, 0) is 21.2 Å². The molecular formula is C17H22N2O5S. The molecular weight excluding hydrogens is 344 g/mol. The monoisotopic (exact) mass is 366 g/mol. The molecule has 7 nitrogen and oxygen atoms in total. The number of carbonyl (C=O) groups excluding carboxylic acids is 1. The number of aliphatic carboxylic acids is 1. The van der Waals surface area contributed by atoms with E-state index in [9.17, 15) is 23.1 Å². The third-order valence-electron chi connectivity index (χ3n) is 5.15. The molecule has 2 aliphatic heterocycles. The molecule has 1 aromatic rings. The van der Waals surface area contributed by atoms with Crippen molar-refractivity contribution < 1.29 is 23.1 Å². The van der Waals surface area contributed by atoms with Crippen LogP contribution in [0, 0.1) is 0 Å². The number of aryl methyl sites for hydroxylation is 1. The molecule has 0 saturated carbocycles. The molecule has 0 bridgehead atoms. The predicted molar refractivity (Wildman–Crippen MR) is 93.3 cm³/mol. The smallest absolute Gasteiger partial charge is 0.329 e. The predicted octanol–water partition coefficient (Wildman–Crippen LogP) is 1.48. The third-order valence-corrected chi connectivity index (χ3v) is 6.33. The van der Waals surface area contributed by atoms with E-state index in [1.807, 2.05) is 0 Å². The fourth-order valence-corrected chi connectivity index (χ4v) is 4.70. The summed E-state index contributed by atoms with van der Waals surface area (Å²) in [6.45, 7) is 2.42. The van der Waals surface area contributed by atoms with Crippen LogP contribution in [0.3, 0.4) is 0 Å². The summed E-state index contributed by atoms with van der Waals surface area (Å²) in [6, 6.07) is 4.94. The largest absolute Gasteiger partial charge is 0.480 e. The standard InChI is InChI=1S/C17H22N2O5S/c1-17(16(21)22)8-4-9-18(17)15(20)13-6-7-14-12(11-13)5-3-10-19(14)25(2,23)24/h6-7,11H,3-5,8-10H2,1-2H3,(H,21,22). The maximum atomic E-state index is 12.9. The molecule has 1 aromatic carbocycles. The number of carboxylic acids is 1. The van der Waals surface area contributed by atoms with Gasteiger partial charge in [-0.15, -0.1) is 0 Å². The van der Waals surface area contributed by atoms with Gasteiger partial charge in [0.1, 0.15) is 5.54 Å². The molecule has 25 heavy (non-hydrogen) atoms. The van der Waals surface area contributed by atoms with E-state index < -0.39 is 21.5 Å². The number of hydrogen-bond acceptors (Lipinski definition) is 4. The van der Waals surface area contributed by atoms with Gasteiger partial charge in [0.15, 0.2) is 0 Å². The number of nitrogens with zero attached hydrogens (tertiary/aromatic N) is 2. The normalized spacial score (nSPS) is 23.4. The van der Waals surface area contributed by atoms with Crippen molar-refractivity contribution in [2.75, 3.05) is 23.7 Å². The number of fused-ring (bicyclic) bond motifs is 1. The molecule has 0 radical (unpaired) electrons. The number of likely N-dealkylation sites (tertiary alicyclic amines) is 1. The Labute approximate surface area is 147 Å². The van der Waals surface area contributed by atoms with Crippen LogP contribution in [0.25, 0.3) is 0 Å². The van der Waals surface area contributed by atoms with Crippen LogP contribution in [0.2, 0.25) is 0 Å². The zero-order chi connectivity index (χ0) is 18.4. The van der Waals surface area contributed by atoms with Crippen LogP contribution in [0.1, 0.15) is 42.1 Å². The van der Waals surface area contributed by atoms with Crippen LogP contribution in [0.4, 0.5) is 5.69 Å². The van der Waals surface area contributed by atoms with Crippen molar-refractivity contribution in [2.45, 2.75) is 38.1 Å². The lowest BCUT2D eigenvalue weighted by Gasteiger charge is -2.32. The van der Waals surface area contributed by atoms with Crippen molar-refractivity contribution in [1.29, 1.82) is 0 Å². The van der Waals surface area contributed by atoms with E-state index in [1.54, 1.807) is 25.1 Å². The second-order valence-electron chi connectivity index (χ2n) is 6.92. The highest BCUT2D eigenvalue weighted by molar-refractivity contribution is 7.92. The van der Waals surface area contributed by atoms with Gasteiger partial charge < -0.3 is 10.0 Å². The van der Waals surface area contributed by atoms with Gasteiger partial charge in [0.05, 0.1) is 11.9 Å². The summed E-state index contributed by atoms with van der Waals surface area (Å²) in [5.74, 6) is -1.32. The summed E-state index contributed by atoms with van der Waals surface area (Å²) in [4.78, 5) is 25.9. The molecule has 1 atom stereocenters. The van der Waals surface area contributed by atoms with Gasteiger partial charge in [-0.25, -0.2) is 13.2 Å². The number of benzene rings is 1. The fourth-order valence-electron chi connectivity index (χ4n) is 3.71. The minimum Gasteiger partial charge on any atom is -0.480 e. The second kappa shape index (κ2) is 6.01. The summed E-state index contributed by atoms with van der Waals surface area (Å²) in [5.41, 5.74) is 0.626. The Balaban J connectivity index is 1.95. The van der Waals surface area contributed by atoms with Gasteiger partial charge in [0.2, 0.25) is 10.0 Å². The first-order chi connectivity index (χ1) is 11.6. The van der Waals surface area contributed by atoms with Crippen LogP contribution in [-0.4, -0.2) is 55.2 Å². The maximum Gasteiger partial charge on any atom is 0.329 e. The zero-order valence-corrected chi connectivity index (χ0v) is 15.2. The Morgan fingerprint density at radius 3 is 2.56 bits per heavy atom. The molecule has 3 rings (SSSR count). The first-order valence-corrected chi connectivity index (χ1v) is 10.2. The number of carboxylic acid groups (broad SMARTS) is 1. The first-order valence-electron chi connectivity index (χ1n) is 8.30. The van der Waals surface area contributed by atoms with E-state index in [0.717, 1.165) is 5.56 Å². The van der Waals surface area contributed by atoms with Gasteiger partial charge in [-0.1, -0.05) is 0 Å². The molecule has 1 saturated heterocycles. The minimum absolute atomic E-state index is 0.318. The van der Waals surface area contributed by atoms with Gasteiger partial charge in [-0.05, 0) is 56.4 Å². The van der Waals surface area contributed by atoms with Crippen molar-refractivity contribution >= 4 is 27.6 Å². The van der Waals surface area contributed by atoms with Crippen LogP contribution in [0.15, 0.2) is 18.2 Å². The van der Waals surface area contributed by atoms with Crippen molar-refractivity contribution in [3.8, 4) is 0 Å². The lowest BCUT2D eigenvalue weighted by Crippen LogP contribution is -2.50. The lowest BCUT2D eigenvalue weighted by atomic mass is 9.97. The summed E-state index contributed by atoms with van der Waals surface area (Å²) in [6.07, 6.45) is 3.64. The molecule has 1 unspecified atom stereocenters. The molecule has 136 valence electrons. The maximum absolute atomic E-state index is 12.9. The molecule has 0 aromatic heterocycles. The molecule has 8 heteroatoms.